The molecule has 3 heterocycles. The third-order valence-corrected chi connectivity index (χ3v) is 4.55. The number of halogens is 1. The highest BCUT2D eigenvalue weighted by molar-refractivity contribution is 6.31. The van der Waals surface area contributed by atoms with E-state index in [-0.39, 0.29) is 5.69 Å². The van der Waals surface area contributed by atoms with Crippen LogP contribution in [-0.4, -0.2) is 51.2 Å². The topological polar surface area (TPSA) is 80.9 Å². The first-order valence-electron chi connectivity index (χ1n) is 7.84. The van der Waals surface area contributed by atoms with E-state index in [0.29, 0.717) is 17.4 Å². The minimum atomic E-state index is -0.259. The van der Waals surface area contributed by atoms with Gasteiger partial charge in [0.25, 0.3) is 0 Å². The van der Waals surface area contributed by atoms with Crippen LogP contribution in [0.15, 0.2) is 35.3 Å². The zero-order valence-electron chi connectivity index (χ0n) is 13.0. The zero-order valence-corrected chi connectivity index (χ0v) is 13.8. The van der Waals surface area contributed by atoms with Crippen molar-refractivity contribution in [3.63, 3.8) is 0 Å². The lowest BCUT2D eigenvalue weighted by atomic mass is 10.1. The molecular weight excluding hydrogens is 328 g/mol. The molecule has 124 valence electrons. The summed E-state index contributed by atoms with van der Waals surface area (Å²) in [6.07, 6.45) is 1.83. The molecule has 0 unspecified atom stereocenters. The Hall–Kier alpha value is -2.38. The molecule has 1 aromatic carbocycles. The number of aromatic amines is 2. The fourth-order valence-electron chi connectivity index (χ4n) is 3.12. The normalized spacial score (nSPS) is 16.0. The molecule has 1 fully saturated rings. The van der Waals surface area contributed by atoms with E-state index in [9.17, 15) is 4.79 Å². The predicted octanol–water partition coefficient (Wildman–Crippen LogP) is 1.62. The first kappa shape index (κ1) is 15.2. The molecule has 1 aliphatic heterocycles. The van der Waals surface area contributed by atoms with Gasteiger partial charge in [-0.05, 0) is 24.3 Å². The quantitative estimate of drug-likeness (QED) is 0.754. The van der Waals surface area contributed by atoms with Crippen LogP contribution in [-0.2, 0) is 6.54 Å². The van der Waals surface area contributed by atoms with Crippen molar-refractivity contribution in [1.29, 1.82) is 0 Å². The van der Waals surface area contributed by atoms with E-state index in [1.807, 2.05) is 24.4 Å². The molecule has 0 amide bonds. The molecule has 0 radical (unpaired) electrons. The van der Waals surface area contributed by atoms with Gasteiger partial charge in [0.1, 0.15) is 5.82 Å². The summed E-state index contributed by atoms with van der Waals surface area (Å²) in [5.41, 5.74) is 1.84. The van der Waals surface area contributed by atoms with Crippen molar-refractivity contribution in [2.75, 3.05) is 31.1 Å². The van der Waals surface area contributed by atoms with Crippen LogP contribution in [0.5, 0.6) is 0 Å². The molecule has 4 rings (SSSR count). The lowest BCUT2D eigenvalue weighted by molar-refractivity contribution is 0.244. The van der Waals surface area contributed by atoms with Gasteiger partial charge in [0, 0.05) is 48.5 Å². The molecule has 2 N–H and O–H groups in total. The number of pyridine rings is 1. The number of rotatable bonds is 3. The van der Waals surface area contributed by atoms with Gasteiger partial charge in [0.15, 0.2) is 0 Å². The van der Waals surface area contributed by atoms with E-state index in [2.05, 4.69) is 36.0 Å². The Labute approximate surface area is 143 Å². The Morgan fingerprint density at radius 3 is 2.75 bits per heavy atom. The first-order valence-corrected chi connectivity index (χ1v) is 8.22. The number of aromatic nitrogens is 4. The highest BCUT2D eigenvalue weighted by atomic mass is 35.5. The number of piperazine rings is 1. The molecule has 8 heteroatoms. The Bertz CT molecular complexity index is 912. The largest absolute Gasteiger partial charge is 0.368 e. The highest BCUT2D eigenvalue weighted by Crippen LogP contribution is 2.28. The molecule has 24 heavy (non-hydrogen) atoms. The van der Waals surface area contributed by atoms with Gasteiger partial charge < -0.3 is 4.90 Å². The van der Waals surface area contributed by atoms with E-state index in [4.69, 9.17) is 11.6 Å². The monoisotopic (exact) mass is 344 g/mol. The molecule has 0 bridgehead atoms. The molecule has 1 aliphatic rings. The molecule has 0 saturated carbocycles. The van der Waals surface area contributed by atoms with Crippen LogP contribution in [0.2, 0.25) is 5.02 Å². The summed E-state index contributed by atoms with van der Waals surface area (Å²) in [6, 6.07) is 7.88. The van der Waals surface area contributed by atoms with Crippen LogP contribution < -0.4 is 10.6 Å². The van der Waals surface area contributed by atoms with E-state index >= 15 is 0 Å². The summed E-state index contributed by atoms with van der Waals surface area (Å²) in [4.78, 5) is 22.8. The van der Waals surface area contributed by atoms with Crippen molar-refractivity contribution in [2.45, 2.75) is 6.54 Å². The summed E-state index contributed by atoms with van der Waals surface area (Å²) >= 11 is 6.06. The fourth-order valence-corrected chi connectivity index (χ4v) is 3.29. The third-order valence-electron chi connectivity index (χ3n) is 4.32. The van der Waals surface area contributed by atoms with Gasteiger partial charge >= 0.3 is 5.69 Å². The Morgan fingerprint density at radius 2 is 2.00 bits per heavy atom. The number of hydrogen-bond acceptors (Lipinski definition) is 5. The van der Waals surface area contributed by atoms with Crippen LogP contribution >= 0.6 is 11.6 Å². The van der Waals surface area contributed by atoms with Gasteiger partial charge in [-0.2, -0.15) is 5.10 Å². The average Bonchev–Trinajstić information content (AvgIpc) is 3.00. The second kappa shape index (κ2) is 6.26. The fraction of sp³-hybridized carbons (Fsp3) is 0.312. The SMILES string of the molecule is O=c1[nH]nc(CN2CCN(c3ccnc4cc(Cl)ccc34)CC2)[nH]1. The smallest absolute Gasteiger partial charge is 0.340 e. The van der Waals surface area contributed by atoms with Crippen molar-refractivity contribution in [3.05, 3.63) is 51.8 Å². The van der Waals surface area contributed by atoms with Gasteiger partial charge in [-0.3, -0.25) is 14.9 Å². The Kier molecular flexibility index (Phi) is 3.95. The minimum Gasteiger partial charge on any atom is -0.368 e. The number of nitrogens with zero attached hydrogens (tertiary/aromatic N) is 4. The van der Waals surface area contributed by atoms with Crippen LogP contribution in [0.1, 0.15) is 5.82 Å². The highest BCUT2D eigenvalue weighted by Gasteiger charge is 2.19. The Balaban J connectivity index is 1.49. The van der Waals surface area contributed by atoms with Crippen molar-refractivity contribution in [3.8, 4) is 0 Å². The zero-order chi connectivity index (χ0) is 16.5. The molecular formula is C16H17ClN6O. The standard InChI is InChI=1S/C16H17ClN6O/c17-11-1-2-12-13(9-11)18-4-3-14(12)23-7-5-22(6-8-23)10-15-19-16(24)21-20-15/h1-4,9H,5-8,10H2,(H2,19,20,21,24). The summed E-state index contributed by atoms with van der Waals surface area (Å²) in [7, 11) is 0. The van der Waals surface area contributed by atoms with E-state index in [1.54, 1.807) is 0 Å². The second-order valence-corrected chi connectivity index (χ2v) is 6.32. The third kappa shape index (κ3) is 3.00. The molecule has 3 aromatic rings. The summed E-state index contributed by atoms with van der Waals surface area (Å²) < 4.78 is 0. The maximum atomic E-state index is 11.1. The van der Waals surface area contributed by atoms with Gasteiger partial charge in [0.2, 0.25) is 0 Å². The predicted molar refractivity (Wildman–Crippen MR) is 93.5 cm³/mol. The molecule has 0 atom stereocenters. The van der Waals surface area contributed by atoms with Crippen LogP contribution in [0.3, 0.4) is 0 Å². The minimum absolute atomic E-state index is 0.259. The van der Waals surface area contributed by atoms with Gasteiger partial charge in [-0.1, -0.05) is 11.6 Å². The summed E-state index contributed by atoms with van der Waals surface area (Å²) in [6.45, 7) is 4.30. The average molecular weight is 345 g/mol. The van der Waals surface area contributed by atoms with E-state index in [0.717, 1.165) is 37.1 Å². The van der Waals surface area contributed by atoms with Crippen molar-refractivity contribution in [1.82, 2.24) is 25.1 Å². The number of nitrogens with one attached hydrogen (secondary N) is 2. The van der Waals surface area contributed by atoms with Crippen molar-refractivity contribution in [2.24, 2.45) is 0 Å². The van der Waals surface area contributed by atoms with Gasteiger partial charge in [-0.15, -0.1) is 0 Å². The molecule has 0 aliphatic carbocycles. The molecule has 2 aromatic heterocycles. The number of hydrogen-bond donors (Lipinski definition) is 2. The first-order chi connectivity index (χ1) is 11.7. The maximum absolute atomic E-state index is 11.1. The number of benzene rings is 1. The molecule has 0 spiro atoms. The summed E-state index contributed by atoms with van der Waals surface area (Å²) in [5, 5.41) is 8.19. The van der Waals surface area contributed by atoms with Crippen molar-refractivity contribution < 1.29 is 0 Å². The summed E-state index contributed by atoms with van der Waals surface area (Å²) in [5.74, 6) is 0.678. The number of anilines is 1. The van der Waals surface area contributed by atoms with Crippen molar-refractivity contribution >= 4 is 28.2 Å². The molecule has 1 saturated heterocycles. The number of H-pyrrole nitrogens is 2. The van der Waals surface area contributed by atoms with Crippen LogP contribution in [0, 0.1) is 0 Å². The number of fused-ring (bicyclic) bond motifs is 1. The Morgan fingerprint density at radius 1 is 1.17 bits per heavy atom. The van der Waals surface area contributed by atoms with Gasteiger partial charge in [-0.25, -0.2) is 9.89 Å². The van der Waals surface area contributed by atoms with E-state index < -0.39 is 0 Å². The van der Waals surface area contributed by atoms with Gasteiger partial charge in [0.05, 0.1) is 12.1 Å². The van der Waals surface area contributed by atoms with Crippen LogP contribution in [0.4, 0.5) is 5.69 Å². The maximum Gasteiger partial charge on any atom is 0.340 e. The van der Waals surface area contributed by atoms with Crippen LogP contribution in [0.25, 0.3) is 10.9 Å². The lowest BCUT2D eigenvalue weighted by Crippen LogP contribution is -2.46. The molecule has 7 nitrogen and oxygen atoms in total. The van der Waals surface area contributed by atoms with E-state index in [1.165, 1.54) is 5.69 Å². The second-order valence-electron chi connectivity index (χ2n) is 5.88. The lowest BCUT2D eigenvalue weighted by Gasteiger charge is -2.36.